The number of carbonyl (C=O) groups is 1. The van der Waals surface area contributed by atoms with Crippen molar-refractivity contribution in [1.29, 1.82) is 0 Å². The number of hydrogen-bond donors (Lipinski definition) is 1. The molecule has 0 fully saturated rings. The molecular weight excluding hydrogens is 244 g/mol. The summed E-state index contributed by atoms with van der Waals surface area (Å²) < 4.78 is 6.49. The highest BCUT2D eigenvalue weighted by atomic mass is 16.5. The lowest BCUT2D eigenvalue weighted by Gasteiger charge is -2.09. The standard InChI is InChI=1S/C13H18N4O2/c1-5-19-13(18)11-8(4)15-10-6-9(7(2)3)16-17(10)12(11)14/h6-7H,5,14H2,1-4H3. The van der Waals surface area contributed by atoms with E-state index in [9.17, 15) is 4.79 Å². The van der Waals surface area contributed by atoms with Gasteiger partial charge in [-0.3, -0.25) is 0 Å². The van der Waals surface area contributed by atoms with Crippen LogP contribution in [0.25, 0.3) is 5.65 Å². The van der Waals surface area contributed by atoms with Gasteiger partial charge in [0.2, 0.25) is 0 Å². The van der Waals surface area contributed by atoms with Crippen LogP contribution in [0.2, 0.25) is 0 Å². The first-order valence-electron chi connectivity index (χ1n) is 6.28. The molecule has 0 aromatic carbocycles. The van der Waals surface area contributed by atoms with E-state index in [0.29, 0.717) is 17.9 Å². The van der Waals surface area contributed by atoms with Gasteiger partial charge < -0.3 is 10.5 Å². The number of nitrogens with two attached hydrogens (primary N) is 1. The fourth-order valence-corrected chi connectivity index (χ4v) is 1.90. The number of nitrogen functional groups attached to an aromatic ring is 1. The van der Waals surface area contributed by atoms with Gasteiger partial charge in [0.15, 0.2) is 5.65 Å². The number of aryl methyl sites for hydroxylation is 1. The molecule has 102 valence electrons. The second-order valence-corrected chi connectivity index (χ2v) is 4.67. The summed E-state index contributed by atoms with van der Waals surface area (Å²) in [6.07, 6.45) is 0. The van der Waals surface area contributed by atoms with Crippen LogP contribution in [0.15, 0.2) is 6.07 Å². The average molecular weight is 262 g/mol. The fourth-order valence-electron chi connectivity index (χ4n) is 1.90. The minimum Gasteiger partial charge on any atom is -0.462 e. The number of esters is 1. The minimum atomic E-state index is -0.464. The van der Waals surface area contributed by atoms with Gasteiger partial charge in [-0.15, -0.1) is 0 Å². The molecule has 2 N–H and O–H groups in total. The summed E-state index contributed by atoms with van der Waals surface area (Å²) in [5.41, 5.74) is 8.40. The number of anilines is 1. The van der Waals surface area contributed by atoms with Crippen LogP contribution < -0.4 is 5.73 Å². The summed E-state index contributed by atoms with van der Waals surface area (Å²) in [6.45, 7) is 7.87. The fraction of sp³-hybridized carbons (Fsp3) is 0.462. The van der Waals surface area contributed by atoms with Crippen LogP contribution in [0.4, 0.5) is 5.82 Å². The minimum absolute atomic E-state index is 0.271. The van der Waals surface area contributed by atoms with Crippen LogP contribution in [0.3, 0.4) is 0 Å². The molecule has 0 aliphatic heterocycles. The smallest absolute Gasteiger partial charge is 0.343 e. The van der Waals surface area contributed by atoms with Gasteiger partial charge in [-0.25, -0.2) is 9.78 Å². The van der Waals surface area contributed by atoms with Gasteiger partial charge in [0.25, 0.3) is 0 Å². The van der Waals surface area contributed by atoms with Gasteiger partial charge in [0.1, 0.15) is 11.4 Å². The second kappa shape index (κ2) is 4.87. The topological polar surface area (TPSA) is 82.5 Å². The zero-order valence-electron chi connectivity index (χ0n) is 11.6. The highest BCUT2D eigenvalue weighted by Crippen LogP contribution is 2.21. The maximum atomic E-state index is 11.9. The summed E-state index contributed by atoms with van der Waals surface area (Å²) in [4.78, 5) is 16.2. The number of nitrogens with zero attached hydrogens (tertiary/aromatic N) is 3. The van der Waals surface area contributed by atoms with Gasteiger partial charge in [0.05, 0.1) is 18.0 Å². The summed E-state index contributed by atoms with van der Waals surface area (Å²) >= 11 is 0. The molecule has 6 nitrogen and oxygen atoms in total. The van der Waals surface area contributed by atoms with Crippen LogP contribution >= 0.6 is 0 Å². The van der Waals surface area contributed by atoms with E-state index in [1.807, 2.05) is 19.9 Å². The third kappa shape index (κ3) is 2.25. The van der Waals surface area contributed by atoms with E-state index >= 15 is 0 Å². The van der Waals surface area contributed by atoms with Gasteiger partial charge in [-0.1, -0.05) is 13.8 Å². The van der Waals surface area contributed by atoms with Gasteiger partial charge in [0, 0.05) is 6.07 Å². The Morgan fingerprint density at radius 1 is 1.53 bits per heavy atom. The van der Waals surface area contributed by atoms with E-state index in [-0.39, 0.29) is 17.3 Å². The van der Waals surface area contributed by atoms with E-state index in [2.05, 4.69) is 10.1 Å². The Morgan fingerprint density at radius 2 is 2.21 bits per heavy atom. The summed E-state index contributed by atoms with van der Waals surface area (Å²) in [5.74, 6) is 0.0776. The Hall–Kier alpha value is -2.11. The van der Waals surface area contributed by atoms with Crippen LogP contribution in [0.1, 0.15) is 48.4 Å². The lowest BCUT2D eigenvalue weighted by atomic mass is 10.1. The first-order chi connectivity index (χ1) is 8.95. The average Bonchev–Trinajstić information content (AvgIpc) is 2.73. The number of hydrogen-bond acceptors (Lipinski definition) is 5. The van der Waals surface area contributed by atoms with E-state index < -0.39 is 5.97 Å². The summed E-state index contributed by atoms with van der Waals surface area (Å²) in [5, 5.41) is 4.38. The molecule has 0 radical (unpaired) electrons. The van der Waals surface area contributed by atoms with Crippen LogP contribution in [-0.2, 0) is 4.74 Å². The molecule has 0 atom stereocenters. The Kier molecular flexibility index (Phi) is 3.42. The normalized spacial score (nSPS) is 11.2. The van der Waals surface area contributed by atoms with Crippen molar-refractivity contribution in [3.63, 3.8) is 0 Å². The predicted molar refractivity (Wildman–Crippen MR) is 72.2 cm³/mol. The van der Waals surface area contributed by atoms with Crippen LogP contribution in [0, 0.1) is 6.92 Å². The maximum Gasteiger partial charge on any atom is 0.343 e. The Labute approximate surface area is 111 Å². The van der Waals surface area contributed by atoms with Crippen molar-refractivity contribution in [2.24, 2.45) is 0 Å². The molecule has 0 bridgehead atoms. The Morgan fingerprint density at radius 3 is 2.79 bits per heavy atom. The van der Waals surface area contributed by atoms with E-state index in [1.54, 1.807) is 13.8 Å². The monoisotopic (exact) mass is 262 g/mol. The molecule has 0 aliphatic rings. The Bertz CT molecular complexity index is 631. The molecule has 0 unspecified atom stereocenters. The second-order valence-electron chi connectivity index (χ2n) is 4.67. The number of ether oxygens (including phenoxy) is 1. The van der Waals surface area contributed by atoms with Crippen molar-refractivity contribution in [3.8, 4) is 0 Å². The summed E-state index contributed by atoms with van der Waals surface area (Å²) in [6, 6.07) is 1.88. The molecule has 0 amide bonds. The van der Waals surface area contributed by atoms with E-state index in [0.717, 1.165) is 5.69 Å². The maximum absolute atomic E-state index is 11.9. The number of rotatable bonds is 3. The molecular formula is C13H18N4O2. The first-order valence-corrected chi connectivity index (χ1v) is 6.28. The zero-order valence-corrected chi connectivity index (χ0v) is 11.6. The van der Waals surface area contributed by atoms with Crippen LogP contribution in [0.5, 0.6) is 0 Å². The summed E-state index contributed by atoms with van der Waals surface area (Å²) in [7, 11) is 0. The zero-order chi connectivity index (χ0) is 14.2. The molecule has 6 heteroatoms. The molecule has 0 spiro atoms. The van der Waals surface area contributed by atoms with E-state index in [1.165, 1.54) is 4.52 Å². The van der Waals surface area contributed by atoms with Crippen molar-refractivity contribution >= 4 is 17.4 Å². The molecule has 2 rings (SSSR count). The SMILES string of the molecule is CCOC(=O)c1c(C)nc2cc(C(C)C)nn2c1N. The third-order valence-corrected chi connectivity index (χ3v) is 2.91. The molecule has 0 saturated carbocycles. The molecule has 19 heavy (non-hydrogen) atoms. The van der Waals surface area contributed by atoms with Gasteiger partial charge in [-0.2, -0.15) is 9.61 Å². The number of carbonyl (C=O) groups excluding carboxylic acids is 1. The van der Waals surface area contributed by atoms with Crippen molar-refractivity contribution in [3.05, 3.63) is 23.0 Å². The van der Waals surface area contributed by atoms with Gasteiger partial charge >= 0.3 is 5.97 Å². The van der Waals surface area contributed by atoms with Crippen molar-refractivity contribution < 1.29 is 9.53 Å². The largest absolute Gasteiger partial charge is 0.462 e. The molecule has 2 heterocycles. The molecule has 2 aromatic heterocycles. The van der Waals surface area contributed by atoms with Gasteiger partial charge in [-0.05, 0) is 19.8 Å². The van der Waals surface area contributed by atoms with Crippen molar-refractivity contribution in [2.45, 2.75) is 33.6 Å². The quantitative estimate of drug-likeness (QED) is 0.854. The lowest BCUT2D eigenvalue weighted by molar-refractivity contribution is 0.0525. The van der Waals surface area contributed by atoms with Crippen molar-refractivity contribution in [2.75, 3.05) is 12.3 Å². The third-order valence-electron chi connectivity index (χ3n) is 2.91. The highest BCUT2D eigenvalue weighted by molar-refractivity contribution is 5.95. The predicted octanol–water partition coefficient (Wildman–Crippen LogP) is 1.92. The molecule has 2 aromatic rings. The first kappa shape index (κ1) is 13.3. The van der Waals surface area contributed by atoms with Crippen molar-refractivity contribution in [1.82, 2.24) is 14.6 Å². The number of aromatic nitrogens is 3. The molecule has 0 aliphatic carbocycles. The van der Waals surface area contributed by atoms with Crippen LogP contribution in [-0.4, -0.2) is 27.2 Å². The number of fused-ring (bicyclic) bond motifs is 1. The molecule has 0 saturated heterocycles. The highest BCUT2D eigenvalue weighted by Gasteiger charge is 2.20. The lowest BCUT2D eigenvalue weighted by Crippen LogP contribution is -2.15. The Balaban J connectivity index is 2.63. The van der Waals surface area contributed by atoms with E-state index in [4.69, 9.17) is 10.5 Å².